The van der Waals surface area contributed by atoms with Gasteiger partial charge in [0, 0.05) is 12.6 Å². The highest BCUT2D eigenvalue weighted by Gasteiger charge is 2.25. The molecule has 0 radical (unpaired) electrons. The normalized spacial score (nSPS) is 23.5. The fourth-order valence-corrected chi connectivity index (χ4v) is 2.66. The smallest absolute Gasteiger partial charge is 0.0667 e. The quantitative estimate of drug-likeness (QED) is 0.830. The number of benzene rings is 1. The van der Waals surface area contributed by atoms with Gasteiger partial charge in [-0.15, -0.1) is 0 Å². The van der Waals surface area contributed by atoms with Crippen molar-refractivity contribution in [2.45, 2.75) is 31.4 Å². The fraction of sp³-hybridized carbons (Fsp3) is 0.571. The standard InChI is InChI=1S/C14H22N2O/c15-9-8-14(12-5-2-1-3-6-12)16-10-4-7-13(17)11-16/h1-3,5-6,13-14,17H,4,7-11,15H2. The first-order valence-corrected chi connectivity index (χ1v) is 6.48. The minimum atomic E-state index is -0.173. The van der Waals surface area contributed by atoms with Crippen LogP contribution in [0.3, 0.4) is 0 Å². The first-order chi connectivity index (χ1) is 8.31. The molecule has 1 fully saturated rings. The molecule has 2 unspecified atom stereocenters. The van der Waals surface area contributed by atoms with Gasteiger partial charge in [-0.05, 0) is 37.9 Å². The zero-order chi connectivity index (χ0) is 12.1. The number of aliphatic hydroxyl groups excluding tert-OH is 1. The summed E-state index contributed by atoms with van der Waals surface area (Å²) in [6.07, 6.45) is 2.79. The molecule has 0 saturated carbocycles. The molecule has 1 aliphatic heterocycles. The van der Waals surface area contributed by atoms with Gasteiger partial charge in [0.05, 0.1) is 6.10 Å². The van der Waals surface area contributed by atoms with Crippen LogP contribution in [0.25, 0.3) is 0 Å². The summed E-state index contributed by atoms with van der Waals surface area (Å²) in [6.45, 7) is 2.53. The number of aliphatic hydroxyl groups is 1. The highest BCUT2D eigenvalue weighted by atomic mass is 16.3. The Morgan fingerprint density at radius 1 is 1.35 bits per heavy atom. The van der Waals surface area contributed by atoms with Crippen LogP contribution >= 0.6 is 0 Å². The molecule has 3 N–H and O–H groups in total. The summed E-state index contributed by atoms with van der Waals surface area (Å²) in [5, 5.41) is 9.77. The maximum atomic E-state index is 9.77. The summed E-state index contributed by atoms with van der Waals surface area (Å²) >= 11 is 0. The molecule has 94 valence electrons. The van der Waals surface area contributed by atoms with Crippen molar-refractivity contribution in [3.63, 3.8) is 0 Å². The molecule has 0 spiro atoms. The van der Waals surface area contributed by atoms with Crippen molar-refractivity contribution in [1.29, 1.82) is 0 Å². The molecule has 3 heteroatoms. The molecule has 2 atom stereocenters. The summed E-state index contributed by atoms with van der Waals surface area (Å²) in [7, 11) is 0. The topological polar surface area (TPSA) is 49.5 Å². The van der Waals surface area contributed by atoms with Crippen molar-refractivity contribution >= 4 is 0 Å². The van der Waals surface area contributed by atoms with Crippen LogP contribution in [-0.2, 0) is 0 Å². The van der Waals surface area contributed by atoms with E-state index in [1.807, 2.05) is 6.07 Å². The fourth-order valence-electron chi connectivity index (χ4n) is 2.66. The molecule has 1 aliphatic rings. The highest BCUT2D eigenvalue weighted by molar-refractivity contribution is 5.19. The van der Waals surface area contributed by atoms with E-state index in [1.54, 1.807) is 0 Å². The zero-order valence-electron chi connectivity index (χ0n) is 10.3. The van der Waals surface area contributed by atoms with Gasteiger partial charge in [-0.1, -0.05) is 30.3 Å². The second-order valence-corrected chi connectivity index (χ2v) is 4.79. The van der Waals surface area contributed by atoms with E-state index in [2.05, 4.69) is 29.2 Å². The zero-order valence-corrected chi connectivity index (χ0v) is 10.3. The van der Waals surface area contributed by atoms with Gasteiger partial charge in [-0.25, -0.2) is 0 Å². The first kappa shape index (κ1) is 12.6. The number of piperidine rings is 1. The Morgan fingerprint density at radius 3 is 2.76 bits per heavy atom. The van der Waals surface area contributed by atoms with Crippen LogP contribution in [0.4, 0.5) is 0 Å². The largest absolute Gasteiger partial charge is 0.392 e. The van der Waals surface area contributed by atoms with Gasteiger partial charge in [0.2, 0.25) is 0 Å². The molecule has 0 aliphatic carbocycles. The van der Waals surface area contributed by atoms with Gasteiger partial charge < -0.3 is 10.8 Å². The lowest BCUT2D eigenvalue weighted by Crippen LogP contribution is -2.41. The Morgan fingerprint density at radius 2 is 2.12 bits per heavy atom. The molecular weight excluding hydrogens is 212 g/mol. The van der Waals surface area contributed by atoms with Crippen molar-refractivity contribution in [3.8, 4) is 0 Å². The number of rotatable bonds is 4. The number of nitrogens with two attached hydrogens (primary N) is 1. The summed E-state index contributed by atoms with van der Waals surface area (Å²) < 4.78 is 0. The van der Waals surface area contributed by atoms with Crippen LogP contribution in [0, 0.1) is 0 Å². The predicted octanol–water partition coefficient (Wildman–Crippen LogP) is 1.53. The van der Waals surface area contributed by atoms with Gasteiger partial charge in [0.25, 0.3) is 0 Å². The van der Waals surface area contributed by atoms with Crippen molar-refractivity contribution in [2.24, 2.45) is 5.73 Å². The molecule has 0 amide bonds. The monoisotopic (exact) mass is 234 g/mol. The van der Waals surface area contributed by atoms with Crippen LogP contribution in [0.15, 0.2) is 30.3 Å². The van der Waals surface area contributed by atoms with E-state index in [0.29, 0.717) is 12.6 Å². The van der Waals surface area contributed by atoms with Gasteiger partial charge in [0.1, 0.15) is 0 Å². The van der Waals surface area contributed by atoms with Crippen molar-refractivity contribution in [1.82, 2.24) is 4.90 Å². The molecule has 0 bridgehead atoms. The Labute approximate surface area is 103 Å². The molecule has 0 aromatic heterocycles. The van der Waals surface area contributed by atoms with Crippen molar-refractivity contribution in [3.05, 3.63) is 35.9 Å². The van der Waals surface area contributed by atoms with E-state index < -0.39 is 0 Å². The molecule has 1 heterocycles. The maximum absolute atomic E-state index is 9.77. The van der Waals surface area contributed by atoms with E-state index in [0.717, 1.165) is 32.4 Å². The summed E-state index contributed by atoms with van der Waals surface area (Å²) in [5.74, 6) is 0. The van der Waals surface area contributed by atoms with Gasteiger partial charge >= 0.3 is 0 Å². The second-order valence-electron chi connectivity index (χ2n) is 4.79. The third kappa shape index (κ3) is 3.28. The lowest BCUT2D eigenvalue weighted by molar-refractivity contribution is 0.0442. The SMILES string of the molecule is NCCC(c1ccccc1)N1CCCC(O)C1. The average molecular weight is 234 g/mol. The molecule has 1 saturated heterocycles. The van der Waals surface area contributed by atoms with E-state index in [1.165, 1.54) is 5.56 Å². The Hall–Kier alpha value is -0.900. The molecule has 1 aromatic rings. The highest BCUT2D eigenvalue weighted by Crippen LogP contribution is 2.26. The van der Waals surface area contributed by atoms with Crippen LogP contribution in [0.2, 0.25) is 0 Å². The van der Waals surface area contributed by atoms with E-state index in [4.69, 9.17) is 5.73 Å². The number of hydrogen-bond acceptors (Lipinski definition) is 3. The van der Waals surface area contributed by atoms with Crippen LogP contribution in [0.1, 0.15) is 30.9 Å². The number of nitrogens with zero attached hydrogens (tertiary/aromatic N) is 1. The van der Waals surface area contributed by atoms with Crippen molar-refractivity contribution in [2.75, 3.05) is 19.6 Å². The minimum absolute atomic E-state index is 0.173. The van der Waals surface area contributed by atoms with Crippen LogP contribution in [0.5, 0.6) is 0 Å². The van der Waals surface area contributed by atoms with Gasteiger partial charge in [-0.3, -0.25) is 4.90 Å². The molecule has 1 aromatic carbocycles. The number of likely N-dealkylation sites (tertiary alicyclic amines) is 1. The van der Waals surface area contributed by atoms with Gasteiger partial charge in [-0.2, -0.15) is 0 Å². The lowest BCUT2D eigenvalue weighted by atomic mass is 9.98. The van der Waals surface area contributed by atoms with E-state index in [-0.39, 0.29) is 6.10 Å². The van der Waals surface area contributed by atoms with E-state index in [9.17, 15) is 5.11 Å². The number of β-amino-alcohol motifs (C(OH)–C–C–N with tert-alkyl or cyclic N) is 1. The Balaban J connectivity index is 2.11. The second kappa shape index (κ2) is 6.15. The summed E-state index contributed by atoms with van der Waals surface area (Å²) in [5.41, 5.74) is 7.03. The predicted molar refractivity (Wildman–Crippen MR) is 69.7 cm³/mol. The molecule has 17 heavy (non-hydrogen) atoms. The first-order valence-electron chi connectivity index (χ1n) is 6.48. The van der Waals surface area contributed by atoms with Crippen molar-refractivity contribution < 1.29 is 5.11 Å². The van der Waals surface area contributed by atoms with Crippen LogP contribution < -0.4 is 5.73 Å². The molecular formula is C14H22N2O. The lowest BCUT2D eigenvalue weighted by Gasteiger charge is -2.36. The maximum Gasteiger partial charge on any atom is 0.0667 e. The Bertz CT molecular complexity index is 328. The third-order valence-corrected chi connectivity index (χ3v) is 3.49. The Kier molecular flexibility index (Phi) is 4.54. The van der Waals surface area contributed by atoms with Crippen LogP contribution in [-0.4, -0.2) is 35.7 Å². The minimum Gasteiger partial charge on any atom is -0.392 e. The third-order valence-electron chi connectivity index (χ3n) is 3.49. The van der Waals surface area contributed by atoms with E-state index >= 15 is 0 Å². The average Bonchev–Trinajstić information content (AvgIpc) is 2.37. The molecule has 2 rings (SSSR count). The molecule has 3 nitrogen and oxygen atoms in total. The van der Waals surface area contributed by atoms with Gasteiger partial charge in [0.15, 0.2) is 0 Å². The summed E-state index contributed by atoms with van der Waals surface area (Å²) in [4.78, 5) is 2.37. The number of hydrogen-bond donors (Lipinski definition) is 2. The summed E-state index contributed by atoms with van der Waals surface area (Å²) in [6, 6.07) is 10.8.